The number of halogens is 3. The van der Waals surface area contributed by atoms with Gasteiger partial charge in [-0.05, 0) is 24.8 Å². The molecule has 0 aromatic heterocycles. The molecule has 128 valence electrons. The Bertz CT molecular complexity index is 541. The van der Waals surface area contributed by atoms with Gasteiger partial charge in [-0.3, -0.25) is 4.90 Å². The van der Waals surface area contributed by atoms with Gasteiger partial charge in [0.1, 0.15) is 11.5 Å². The molecule has 1 saturated carbocycles. The van der Waals surface area contributed by atoms with Crippen molar-refractivity contribution in [2.24, 2.45) is 5.92 Å². The summed E-state index contributed by atoms with van der Waals surface area (Å²) in [5, 5.41) is 3.33. The van der Waals surface area contributed by atoms with Crippen LogP contribution in [0.3, 0.4) is 0 Å². The van der Waals surface area contributed by atoms with Crippen LogP contribution in [-0.4, -0.2) is 44.6 Å². The van der Waals surface area contributed by atoms with E-state index in [2.05, 4.69) is 15.0 Å². The Morgan fingerprint density at radius 3 is 2.48 bits per heavy atom. The van der Waals surface area contributed by atoms with Gasteiger partial charge >= 0.3 is 6.36 Å². The van der Waals surface area contributed by atoms with Gasteiger partial charge < -0.3 is 14.8 Å². The minimum Gasteiger partial charge on any atom is -0.496 e. The Labute approximate surface area is 133 Å². The van der Waals surface area contributed by atoms with Crippen molar-refractivity contribution in [3.05, 3.63) is 23.8 Å². The van der Waals surface area contributed by atoms with Gasteiger partial charge in [0.15, 0.2) is 0 Å². The maximum Gasteiger partial charge on any atom is 0.573 e. The van der Waals surface area contributed by atoms with E-state index in [0.29, 0.717) is 11.7 Å². The van der Waals surface area contributed by atoms with Gasteiger partial charge in [0, 0.05) is 43.9 Å². The van der Waals surface area contributed by atoms with Crippen LogP contribution < -0.4 is 14.8 Å². The molecule has 0 amide bonds. The summed E-state index contributed by atoms with van der Waals surface area (Å²) in [5.74, 6) is 0.770. The molecule has 1 heterocycles. The summed E-state index contributed by atoms with van der Waals surface area (Å²) in [7, 11) is 1.48. The molecule has 1 aromatic carbocycles. The zero-order valence-corrected chi connectivity index (χ0v) is 13.0. The second-order valence-corrected chi connectivity index (χ2v) is 6.02. The minimum absolute atomic E-state index is 0.201. The number of hydrogen-bond donors (Lipinski definition) is 1. The third kappa shape index (κ3) is 4.09. The average molecular weight is 330 g/mol. The van der Waals surface area contributed by atoms with Crippen LogP contribution in [0, 0.1) is 5.92 Å². The largest absolute Gasteiger partial charge is 0.573 e. The Balaban J connectivity index is 1.86. The van der Waals surface area contributed by atoms with Crippen molar-refractivity contribution < 1.29 is 22.6 Å². The lowest BCUT2D eigenvalue weighted by molar-refractivity contribution is -0.274. The third-order valence-corrected chi connectivity index (χ3v) is 4.37. The highest BCUT2D eigenvalue weighted by molar-refractivity contribution is 5.43. The third-order valence-electron chi connectivity index (χ3n) is 4.37. The van der Waals surface area contributed by atoms with Crippen molar-refractivity contribution in [1.29, 1.82) is 0 Å². The molecule has 23 heavy (non-hydrogen) atoms. The van der Waals surface area contributed by atoms with Crippen LogP contribution in [0.15, 0.2) is 18.2 Å². The van der Waals surface area contributed by atoms with Crippen LogP contribution in [0.25, 0.3) is 0 Å². The zero-order chi connectivity index (χ0) is 16.4. The summed E-state index contributed by atoms with van der Waals surface area (Å²) < 4.78 is 46.5. The molecular weight excluding hydrogens is 309 g/mol. The van der Waals surface area contributed by atoms with Gasteiger partial charge in [0.25, 0.3) is 0 Å². The number of rotatable bonds is 5. The molecular formula is C16H21F3N2O2. The highest BCUT2D eigenvalue weighted by Crippen LogP contribution is 2.47. The first-order chi connectivity index (χ1) is 11.0. The van der Waals surface area contributed by atoms with Crippen molar-refractivity contribution in [2.75, 3.05) is 33.3 Å². The highest BCUT2D eigenvalue weighted by Gasteiger charge is 2.38. The Kier molecular flexibility index (Phi) is 4.68. The molecule has 4 nitrogen and oxygen atoms in total. The molecule has 1 saturated heterocycles. The summed E-state index contributed by atoms with van der Waals surface area (Å²) >= 11 is 0. The molecule has 1 atom stereocenters. The maximum atomic E-state index is 12.4. The lowest BCUT2D eigenvalue weighted by Gasteiger charge is -2.36. The SMILES string of the molecule is COc1cc(OC(F)(F)F)ccc1[C@@H](C1CC1)N1CCNCC1. The number of nitrogens with one attached hydrogen (secondary N) is 1. The predicted molar refractivity (Wildman–Crippen MR) is 79.6 cm³/mol. The monoisotopic (exact) mass is 330 g/mol. The van der Waals surface area contributed by atoms with Gasteiger partial charge in [-0.25, -0.2) is 0 Å². The quantitative estimate of drug-likeness (QED) is 0.900. The smallest absolute Gasteiger partial charge is 0.496 e. The Morgan fingerprint density at radius 2 is 1.91 bits per heavy atom. The van der Waals surface area contributed by atoms with Crippen molar-refractivity contribution >= 4 is 0 Å². The normalized spacial score (nSPS) is 21.0. The summed E-state index contributed by atoms with van der Waals surface area (Å²) in [6.07, 6.45) is -2.39. The number of alkyl halides is 3. The molecule has 2 fully saturated rings. The average Bonchev–Trinajstić information content (AvgIpc) is 3.33. The molecule has 3 rings (SSSR count). The van der Waals surface area contributed by atoms with E-state index in [-0.39, 0.29) is 11.8 Å². The number of hydrogen-bond acceptors (Lipinski definition) is 4. The van der Waals surface area contributed by atoms with Gasteiger partial charge in [-0.15, -0.1) is 13.2 Å². The van der Waals surface area contributed by atoms with Crippen LogP contribution in [0.4, 0.5) is 13.2 Å². The van der Waals surface area contributed by atoms with E-state index in [4.69, 9.17) is 4.74 Å². The van der Waals surface area contributed by atoms with Crippen LogP contribution in [-0.2, 0) is 0 Å². The zero-order valence-electron chi connectivity index (χ0n) is 13.0. The number of piperazine rings is 1. The van der Waals surface area contributed by atoms with Gasteiger partial charge in [-0.2, -0.15) is 0 Å². The summed E-state index contributed by atoms with van der Waals surface area (Å²) in [6.45, 7) is 3.73. The van der Waals surface area contributed by atoms with Gasteiger partial charge in [-0.1, -0.05) is 6.07 Å². The van der Waals surface area contributed by atoms with E-state index in [9.17, 15) is 13.2 Å². The highest BCUT2D eigenvalue weighted by atomic mass is 19.4. The van der Waals surface area contributed by atoms with Crippen molar-refractivity contribution in [3.8, 4) is 11.5 Å². The fourth-order valence-electron chi connectivity index (χ4n) is 3.25. The molecule has 0 unspecified atom stereocenters. The second kappa shape index (κ2) is 6.57. The predicted octanol–water partition coefficient (Wildman–Crippen LogP) is 2.95. The minimum atomic E-state index is -4.69. The summed E-state index contributed by atoms with van der Waals surface area (Å²) in [4.78, 5) is 2.40. The van der Waals surface area contributed by atoms with E-state index in [1.165, 1.54) is 19.2 Å². The number of ether oxygens (including phenoxy) is 2. The molecule has 7 heteroatoms. The van der Waals surface area contributed by atoms with Crippen molar-refractivity contribution in [1.82, 2.24) is 10.2 Å². The molecule has 1 aliphatic carbocycles. The molecule has 1 aromatic rings. The number of benzene rings is 1. The van der Waals surface area contributed by atoms with E-state index in [1.54, 1.807) is 6.07 Å². The van der Waals surface area contributed by atoms with Crippen LogP contribution >= 0.6 is 0 Å². The van der Waals surface area contributed by atoms with E-state index >= 15 is 0 Å². The number of methoxy groups -OCH3 is 1. The summed E-state index contributed by atoms with van der Waals surface area (Å²) in [6, 6.07) is 4.63. The van der Waals surface area contributed by atoms with E-state index in [1.807, 2.05) is 0 Å². The second-order valence-electron chi connectivity index (χ2n) is 6.02. The first-order valence-corrected chi connectivity index (χ1v) is 7.86. The Hall–Kier alpha value is -1.47. The van der Waals surface area contributed by atoms with E-state index < -0.39 is 6.36 Å². The van der Waals surface area contributed by atoms with Crippen molar-refractivity contribution in [2.45, 2.75) is 25.2 Å². The van der Waals surface area contributed by atoms with Crippen molar-refractivity contribution in [3.63, 3.8) is 0 Å². The Morgan fingerprint density at radius 1 is 1.22 bits per heavy atom. The van der Waals surface area contributed by atoms with E-state index in [0.717, 1.165) is 44.6 Å². The van der Waals surface area contributed by atoms with Crippen LogP contribution in [0.1, 0.15) is 24.4 Å². The topological polar surface area (TPSA) is 33.7 Å². The standard InChI is InChI=1S/C16H21F3N2O2/c1-22-14-10-12(23-16(17,18)19)4-5-13(14)15(11-2-3-11)21-8-6-20-7-9-21/h4-5,10-11,15,20H,2-3,6-9H2,1H3/t15-/m1/s1. The molecule has 1 N–H and O–H groups in total. The molecule has 1 aliphatic heterocycles. The molecule has 0 radical (unpaired) electrons. The molecule has 0 bridgehead atoms. The lowest BCUT2D eigenvalue weighted by Crippen LogP contribution is -2.45. The fraction of sp³-hybridized carbons (Fsp3) is 0.625. The molecule has 0 spiro atoms. The van der Waals surface area contributed by atoms with Gasteiger partial charge in [0.05, 0.1) is 7.11 Å². The fourth-order valence-corrected chi connectivity index (χ4v) is 3.25. The van der Waals surface area contributed by atoms with Crippen LogP contribution in [0.5, 0.6) is 11.5 Å². The lowest BCUT2D eigenvalue weighted by atomic mass is 9.98. The van der Waals surface area contributed by atoms with Gasteiger partial charge in [0.2, 0.25) is 0 Å². The maximum absolute atomic E-state index is 12.4. The van der Waals surface area contributed by atoms with Crippen LogP contribution in [0.2, 0.25) is 0 Å². The molecule has 2 aliphatic rings. The number of nitrogens with zero attached hydrogens (tertiary/aromatic N) is 1. The first kappa shape index (κ1) is 16.4. The summed E-state index contributed by atoms with van der Waals surface area (Å²) in [5.41, 5.74) is 0.950. The first-order valence-electron chi connectivity index (χ1n) is 7.86.